The summed E-state index contributed by atoms with van der Waals surface area (Å²) < 4.78 is 19.9. The average molecular weight is 469 g/mol. The number of hydrogen-bond acceptors (Lipinski definition) is 5. The Morgan fingerprint density at radius 2 is 1.94 bits per heavy atom. The number of nitrogens with zero attached hydrogens (tertiary/aromatic N) is 3. The van der Waals surface area contributed by atoms with E-state index in [1.165, 1.54) is 17.7 Å². The molecule has 2 aliphatic rings. The minimum atomic E-state index is -0.470. The van der Waals surface area contributed by atoms with Crippen molar-refractivity contribution in [2.24, 2.45) is 0 Å². The molecule has 0 radical (unpaired) electrons. The summed E-state index contributed by atoms with van der Waals surface area (Å²) in [6, 6.07) is 14.5. The fraction of sp³-hybridized carbons (Fsp3) is 0.462. The van der Waals surface area contributed by atoms with Crippen LogP contribution < -0.4 is 10.1 Å². The predicted molar refractivity (Wildman–Crippen MR) is 128 cm³/mol. The normalized spacial score (nSPS) is 18.9. The first-order valence-electron chi connectivity index (χ1n) is 11.9. The Bertz CT molecular complexity index is 994. The highest BCUT2D eigenvalue weighted by atomic mass is 19.1. The Labute approximate surface area is 200 Å². The second kappa shape index (κ2) is 11.4. The molecule has 2 aliphatic heterocycles. The molecular formula is C26H33FN4O3. The van der Waals surface area contributed by atoms with Crippen molar-refractivity contribution in [1.82, 2.24) is 20.0 Å². The zero-order valence-corrected chi connectivity index (χ0v) is 19.7. The molecule has 2 aromatic rings. The van der Waals surface area contributed by atoms with E-state index in [1.807, 2.05) is 12.1 Å². The van der Waals surface area contributed by atoms with Crippen molar-refractivity contribution in [3.63, 3.8) is 0 Å². The summed E-state index contributed by atoms with van der Waals surface area (Å²) in [5, 5.41) is 3.01. The smallest absolute Gasteiger partial charge is 0.256 e. The van der Waals surface area contributed by atoms with Crippen molar-refractivity contribution >= 4 is 11.8 Å². The molecule has 2 fully saturated rings. The van der Waals surface area contributed by atoms with Crippen LogP contribution in [-0.4, -0.2) is 85.5 Å². The SMILES string of the molecule is CN(Cc1cccc(OCCN2CCN(C(=O)c3ccccc3F)CC2)c1)C[C@@H]1CCC(=O)N1. The number of ether oxygens (including phenoxy) is 1. The molecule has 0 spiro atoms. The maximum Gasteiger partial charge on any atom is 0.256 e. The molecule has 1 atom stereocenters. The molecule has 4 rings (SSSR count). The van der Waals surface area contributed by atoms with Crippen LogP contribution in [0.4, 0.5) is 4.39 Å². The van der Waals surface area contributed by atoms with E-state index in [0.29, 0.717) is 26.1 Å². The highest BCUT2D eigenvalue weighted by Crippen LogP contribution is 2.17. The molecule has 0 aromatic heterocycles. The van der Waals surface area contributed by atoms with E-state index in [1.54, 1.807) is 17.0 Å². The van der Waals surface area contributed by atoms with Crippen LogP contribution in [0, 0.1) is 5.82 Å². The maximum absolute atomic E-state index is 13.9. The quantitative estimate of drug-likeness (QED) is 0.612. The fourth-order valence-corrected chi connectivity index (χ4v) is 4.57. The van der Waals surface area contributed by atoms with Gasteiger partial charge in [-0.15, -0.1) is 0 Å². The van der Waals surface area contributed by atoms with Gasteiger partial charge >= 0.3 is 0 Å². The lowest BCUT2D eigenvalue weighted by Gasteiger charge is -2.34. The Morgan fingerprint density at radius 3 is 2.68 bits per heavy atom. The Balaban J connectivity index is 1.18. The van der Waals surface area contributed by atoms with E-state index in [-0.39, 0.29) is 23.4 Å². The molecule has 182 valence electrons. The molecule has 2 saturated heterocycles. The number of halogens is 1. The van der Waals surface area contributed by atoms with Crippen molar-refractivity contribution < 1.29 is 18.7 Å². The number of carbonyl (C=O) groups excluding carboxylic acids is 2. The highest BCUT2D eigenvalue weighted by Gasteiger charge is 2.24. The first-order chi connectivity index (χ1) is 16.5. The van der Waals surface area contributed by atoms with Crippen LogP contribution in [0.5, 0.6) is 5.75 Å². The zero-order valence-electron chi connectivity index (χ0n) is 19.7. The van der Waals surface area contributed by atoms with E-state index in [4.69, 9.17) is 4.74 Å². The molecule has 0 unspecified atom stereocenters. The predicted octanol–water partition coefficient (Wildman–Crippen LogP) is 2.37. The van der Waals surface area contributed by atoms with Gasteiger partial charge in [0.15, 0.2) is 0 Å². The van der Waals surface area contributed by atoms with Gasteiger partial charge in [-0.25, -0.2) is 4.39 Å². The van der Waals surface area contributed by atoms with Crippen LogP contribution >= 0.6 is 0 Å². The van der Waals surface area contributed by atoms with Gasteiger partial charge in [-0.3, -0.25) is 14.5 Å². The molecule has 7 nitrogen and oxygen atoms in total. The lowest BCUT2D eigenvalue weighted by atomic mass is 10.1. The van der Waals surface area contributed by atoms with Crippen LogP contribution in [-0.2, 0) is 11.3 Å². The summed E-state index contributed by atoms with van der Waals surface area (Å²) in [6.45, 7) is 5.61. The van der Waals surface area contributed by atoms with Gasteiger partial charge in [0.25, 0.3) is 5.91 Å². The fourth-order valence-electron chi connectivity index (χ4n) is 4.57. The number of benzene rings is 2. The van der Waals surface area contributed by atoms with E-state index < -0.39 is 5.82 Å². The minimum absolute atomic E-state index is 0.137. The van der Waals surface area contributed by atoms with Crippen LogP contribution in [0.25, 0.3) is 0 Å². The second-order valence-electron chi connectivity index (χ2n) is 9.11. The molecule has 0 saturated carbocycles. The van der Waals surface area contributed by atoms with Gasteiger partial charge in [0, 0.05) is 58.3 Å². The highest BCUT2D eigenvalue weighted by molar-refractivity contribution is 5.94. The lowest BCUT2D eigenvalue weighted by Crippen LogP contribution is -2.49. The van der Waals surface area contributed by atoms with Crippen molar-refractivity contribution in [1.29, 1.82) is 0 Å². The lowest BCUT2D eigenvalue weighted by molar-refractivity contribution is -0.119. The molecule has 2 heterocycles. The van der Waals surface area contributed by atoms with Gasteiger partial charge in [-0.2, -0.15) is 0 Å². The molecule has 1 N–H and O–H groups in total. The van der Waals surface area contributed by atoms with Gasteiger partial charge in [0.2, 0.25) is 5.91 Å². The topological polar surface area (TPSA) is 65.1 Å². The summed E-state index contributed by atoms with van der Waals surface area (Å²) in [7, 11) is 2.06. The number of nitrogens with one attached hydrogen (secondary N) is 1. The van der Waals surface area contributed by atoms with Gasteiger partial charge < -0.3 is 19.9 Å². The third-order valence-corrected chi connectivity index (χ3v) is 6.41. The summed E-state index contributed by atoms with van der Waals surface area (Å²) in [6.07, 6.45) is 1.52. The number of likely N-dealkylation sites (N-methyl/N-ethyl adjacent to an activating group) is 1. The van der Waals surface area contributed by atoms with Crippen LogP contribution in [0.2, 0.25) is 0 Å². The average Bonchev–Trinajstić information content (AvgIpc) is 3.24. The molecule has 0 aliphatic carbocycles. The molecule has 34 heavy (non-hydrogen) atoms. The van der Waals surface area contributed by atoms with E-state index in [0.717, 1.165) is 44.9 Å². The number of hydrogen-bond donors (Lipinski definition) is 1. The Morgan fingerprint density at radius 1 is 1.15 bits per heavy atom. The van der Waals surface area contributed by atoms with Crippen molar-refractivity contribution in [2.45, 2.75) is 25.4 Å². The molecule has 0 bridgehead atoms. The van der Waals surface area contributed by atoms with Gasteiger partial charge in [-0.1, -0.05) is 24.3 Å². The standard InChI is InChI=1S/C26H33FN4O3/c1-29(19-21-9-10-25(32)28-21)18-20-5-4-6-22(17-20)34-16-15-30-11-13-31(14-12-30)26(33)23-7-2-3-8-24(23)27/h2-8,17,21H,9-16,18-19H2,1H3,(H,28,32)/t21-/m0/s1. The first kappa shape index (κ1) is 24.2. The number of carbonyl (C=O) groups is 2. The van der Waals surface area contributed by atoms with Crippen molar-refractivity contribution in [2.75, 3.05) is 52.9 Å². The Hall–Kier alpha value is -2.97. The monoisotopic (exact) mass is 468 g/mol. The van der Waals surface area contributed by atoms with Crippen LogP contribution in [0.1, 0.15) is 28.8 Å². The van der Waals surface area contributed by atoms with E-state index in [9.17, 15) is 14.0 Å². The Kier molecular flexibility index (Phi) is 8.13. The molecule has 2 aromatic carbocycles. The largest absolute Gasteiger partial charge is 0.492 e. The first-order valence-corrected chi connectivity index (χ1v) is 11.9. The van der Waals surface area contributed by atoms with Crippen LogP contribution in [0.3, 0.4) is 0 Å². The second-order valence-corrected chi connectivity index (χ2v) is 9.11. The molecule has 2 amide bonds. The molecule has 8 heteroatoms. The third-order valence-electron chi connectivity index (χ3n) is 6.41. The number of amides is 2. The molecular weight excluding hydrogens is 435 g/mol. The number of piperazine rings is 1. The van der Waals surface area contributed by atoms with Gasteiger partial charge in [-0.05, 0) is 43.3 Å². The minimum Gasteiger partial charge on any atom is -0.492 e. The summed E-state index contributed by atoms with van der Waals surface area (Å²) in [4.78, 5) is 30.2. The van der Waals surface area contributed by atoms with Gasteiger partial charge in [0.1, 0.15) is 18.2 Å². The van der Waals surface area contributed by atoms with Gasteiger partial charge in [0.05, 0.1) is 5.56 Å². The van der Waals surface area contributed by atoms with Crippen LogP contribution in [0.15, 0.2) is 48.5 Å². The summed E-state index contributed by atoms with van der Waals surface area (Å²) >= 11 is 0. The zero-order chi connectivity index (χ0) is 23.9. The summed E-state index contributed by atoms with van der Waals surface area (Å²) in [5.41, 5.74) is 1.31. The summed E-state index contributed by atoms with van der Waals surface area (Å²) in [5.74, 6) is 0.272. The van der Waals surface area contributed by atoms with E-state index in [2.05, 4.69) is 34.3 Å². The maximum atomic E-state index is 13.9. The van der Waals surface area contributed by atoms with E-state index >= 15 is 0 Å². The van der Waals surface area contributed by atoms with Crippen molar-refractivity contribution in [3.05, 3.63) is 65.5 Å². The third kappa shape index (κ3) is 6.55. The van der Waals surface area contributed by atoms with Crippen molar-refractivity contribution in [3.8, 4) is 5.75 Å². The number of rotatable bonds is 9.